The maximum atomic E-state index is 11.2. The van der Waals surface area contributed by atoms with E-state index in [2.05, 4.69) is 19.2 Å². The van der Waals surface area contributed by atoms with Gasteiger partial charge in [0.25, 0.3) is 0 Å². The second-order valence-corrected chi connectivity index (χ2v) is 4.38. The summed E-state index contributed by atoms with van der Waals surface area (Å²) >= 11 is 0. The van der Waals surface area contributed by atoms with Gasteiger partial charge in [0.05, 0.1) is 0 Å². The zero-order valence-corrected chi connectivity index (χ0v) is 8.59. The summed E-state index contributed by atoms with van der Waals surface area (Å²) in [4.78, 5) is 22.1. The molecule has 0 bridgehead atoms. The molecule has 1 atom stereocenters. The van der Waals surface area contributed by atoms with Crippen molar-refractivity contribution in [3.8, 4) is 0 Å². The molecule has 2 amide bonds. The number of amides is 2. The van der Waals surface area contributed by atoms with E-state index < -0.39 is 11.8 Å². The molecule has 1 rings (SSSR count). The molecule has 0 aromatic carbocycles. The van der Waals surface area contributed by atoms with Crippen LogP contribution in [0.2, 0.25) is 0 Å². The van der Waals surface area contributed by atoms with Crippen molar-refractivity contribution in [1.29, 1.82) is 0 Å². The highest BCUT2D eigenvalue weighted by atomic mass is 16.2. The highest BCUT2D eigenvalue weighted by Gasteiger charge is 2.36. The van der Waals surface area contributed by atoms with Gasteiger partial charge >= 0.3 is 11.8 Å². The lowest BCUT2D eigenvalue weighted by molar-refractivity contribution is -0.140. The molecule has 5 heteroatoms. The molecule has 0 radical (unpaired) electrons. The van der Waals surface area contributed by atoms with E-state index >= 15 is 0 Å². The van der Waals surface area contributed by atoms with Crippen LogP contribution in [0.4, 0.5) is 0 Å². The number of hydrogen-bond donors (Lipinski definition) is 3. The first-order chi connectivity index (χ1) is 6.47. The monoisotopic (exact) mass is 199 g/mol. The van der Waals surface area contributed by atoms with Gasteiger partial charge in [0.1, 0.15) is 0 Å². The Morgan fingerprint density at radius 1 is 1.36 bits per heavy atom. The van der Waals surface area contributed by atoms with E-state index in [0.717, 1.165) is 19.3 Å². The molecular formula is C9H17N3O2. The molecule has 1 aliphatic rings. The maximum Gasteiger partial charge on any atom is 0.323 e. The van der Waals surface area contributed by atoms with Crippen LogP contribution >= 0.6 is 0 Å². The van der Waals surface area contributed by atoms with Crippen LogP contribution in [0.1, 0.15) is 33.1 Å². The summed E-state index contributed by atoms with van der Waals surface area (Å²) in [5.41, 5.74) is 1.89. The predicted octanol–water partition coefficient (Wildman–Crippen LogP) is -0.329. The highest BCUT2D eigenvalue weighted by Crippen LogP contribution is 2.36. The standard InChI is InChI=1S/C9H17N3O2/c1-9(2)5-3-4-6(9)11-7(13)8(14)12-10/h6H,3-5,10H2,1-2H3,(H,11,13)(H,12,14). The SMILES string of the molecule is CC1(C)CCCC1NC(=O)C(=O)NN. The largest absolute Gasteiger partial charge is 0.345 e. The number of carbonyl (C=O) groups excluding carboxylic acids is 2. The topological polar surface area (TPSA) is 84.2 Å². The molecule has 0 spiro atoms. The van der Waals surface area contributed by atoms with E-state index in [-0.39, 0.29) is 11.5 Å². The smallest absolute Gasteiger partial charge is 0.323 e. The van der Waals surface area contributed by atoms with Crippen LogP contribution in [0.3, 0.4) is 0 Å². The molecule has 0 heterocycles. The third-order valence-electron chi connectivity index (χ3n) is 2.90. The van der Waals surface area contributed by atoms with E-state index in [1.54, 1.807) is 0 Å². The molecule has 1 aliphatic carbocycles. The van der Waals surface area contributed by atoms with Crippen molar-refractivity contribution in [1.82, 2.24) is 10.7 Å². The second-order valence-electron chi connectivity index (χ2n) is 4.38. The highest BCUT2D eigenvalue weighted by molar-refractivity contribution is 6.34. The number of carbonyl (C=O) groups is 2. The quantitative estimate of drug-likeness (QED) is 0.234. The maximum absolute atomic E-state index is 11.2. The Labute approximate surface area is 83.4 Å². The van der Waals surface area contributed by atoms with Crippen LogP contribution in [0, 0.1) is 5.41 Å². The average Bonchev–Trinajstić information content (AvgIpc) is 2.44. The van der Waals surface area contributed by atoms with Gasteiger partial charge in [-0.15, -0.1) is 0 Å². The van der Waals surface area contributed by atoms with Crippen molar-refractivity contribution >= 4 is 11.8 Å². The Kier molecular flexibility index (Phi) is 3.10. The molecule has 5 nitrogen and oxygen atoms in total. The Morgan fingerprint density at radius 2 is 2.00 bits per heavy atom. The van der Waals surface area contributed by atoms with Gasteiger partial charge in [0, 0.05) is 6.04 Å². The van der Waals surface area contributed by atoms with Crippen molar-refractivity contribution in [2.45, 2.75) is 39.2 Å². The Balaban J connectivity index is 2.52. The van der Waals surface area contributed by atoms with Gasteiger partial charge in [-0.25, -0.2) is 5.84 Å². The minimum atomic E-state index is -0.785. The summed E-state index contributed by atoms with van der Waals surface area (Å²) in [7, 11) is 0. The summed E-state index contributed by atoms with van der Waals surface area (Å²) in [5.74, 6) is 3.42. The zero-order valence-electron chi connectivity index (χ0n) is 8.59. The molecule has 80 valence electrons. The molecule has 1 unspecified atom stereocenters. The first-order valence-electron chi connectivity index (χ1n) is 4.79. The van der Waals surface area contributed by atoms with Crippen LogP contribution in [-0.2, 0) is 9.59 Å². The third-order valence-corrected chi connectivity index (χ3v) is 2.90. The van der Waals surface area contributed by atoms with E-state index in [1.807, 2.05) is 5.43 Å². The fourth-order valence-corrected chi connectivity index (χ4v) is 1.88. The Morgan fingerprint density at radius 3 is 2.43 bits per heavy atom. The van der Waals surface area contributed by atoms with Crippen molar-refractivity contribution in [2.75, 3.05) is 0 Å². The molecule has 4 N–H and O–H groups in total. The van der Waals surface area contributed by atoms with Gasteiger partial charge in [-0.1, -0.05) is 20.3 Å². The van der Waals surface area contributed by atoms with Gasteiger partial charge in [-0.2, -0.15) is 0 Å². The number of hydrazine groups is 1. The lowest BCUT2D eigenvalue weighted by Gasteiger charge is -2.27. The molecule has 0 aliphatic heterocycles. The summed E-state index contributed by atoms with van der Waals surface area (Å²) < 4.78 is 0. The summed E-state index contributed by atoms with van der Waals surface area (Å²) in [6.45, 7) is 4.18. The lowest BCUT2D eigenvalue weighted by atomic mass is 9.87. The first kappa shape index (κ1) is 11.0. The molecule has 14 heavy (non-hydrogen) atoms. The first-order valence-corrected chi connectivity index (χ1v) is 4.79. The van der Waals surface area contributed by atoms with Gasteiger partial charge < -0.3 is 5.32 Å². The van der Waals surface area contributed by atoms with Crippen LogP contribution in [0.5, 0.6) is 0 Å². The van der Waals surface area contributed by atoms with Crippen LogP contribution in [0.25, 0.3) is 0 Å². The molecular weight excluding hydrogens is 182 g/mol. The minimum Gasteiger partial charge on any atom is -0.345 e. The summed E-state index contributed by atoms with van der Waals surface area (Å²) in [6.07, 6.45) is 3.08. The molecule has 0 aromatic heterocycles. The van der Waals surface area contributed by atoms with Crippen LogP contribution in [-0.4, -0.2) is 17.9 Å². The van der Waals surface area contributed by atoms with Crippen molar-refractivity contribution in [3.05, 3.63) is 0 Å². The van der Waals surface area contributed by atoms with Crippen molar-refractivity contribution < 1.29 is 9.59 Å². The van der Waals surface area contributed by atoms with E-state index in [1.165, 1.54) is 0 Å². The summed E-state index contributed by atoms with van der Waals surface area (Å²) in [5, 5.41) is 2.69. The van der Waals surface area contributed by atoms with Gasteiger partial charge in [-0.05, 0) is 18.3 Å². The molecule has 0 aromatic rings. The Hall–Kier alpha value is -1.10. The number of nitrogens with two attached hydrogens (primary N) is 1. The van der Waals surface area contributed by atoms with Gasteiger partial charge in [0.2, 0.25) is 0 Å². The Bertz CT molecular complexity index is 250. The number of rotatable bonds is 1. The number of nitrogens with one attached hydrogen (secondary N) is 2. The summed E-state index contributed by atoms with van der Waals surface area (Å²) in [6, 6.07) is 0.0762. The molecule has 1 fully saturated rings. The van der Waals surface area contributed by atoms with Gasteiger partial charge in [-0.3, -0.25) is 15.0 Å². The fourth-order valence-electron chi connectivity index (χ4n) is 1.88. The van der Waals surface area contributed by atoms with Gasteiger partial charge in [0.15, 0.2) is 0 Å². The average molecular weight is 199 g/mol. The van der Waals surface area contributed by atoms with Crippen LogP contribution < -0.4 is 16.6 Å². The number of hydrogen-bond acceptors (Lipinski definition) is 3. The molecule has 1 saturated carbocycles. The second kappa shape index (κ2) is 3.96. The van der Waals surface area contributed by atoms with Crippen molar-refractivity contribution in [2.24, 2.45) is 11.3 Å². The normalized spacial score (nSPS) is 24.4. The van der Waals surface area contributed by atoms with E-state index in [0.29, 0.717) is 0 Å². The van der Waals surface area contributed by atoms with E-state index in [4.69, 9.17) is 5.84 Å². The van der Waals surface area contributed by atoms with E-state index in [9.17, 15) is 9.59 Å². The zero-order chi connectivity index (χ0) is 10.8. The van der Waals surface area contributed by atoms with Crippen molar-refractivity contribution in [3.63, 3.8) is 0 Å². The fraction of sp³-hybridized carbons (Fsp3) is 0.778. The predicted molar refractivity (Wildman–Crippen MR) is 51.9 cm³/mol. The third kappa shape index (κ3) is 2.23. The lowest BCUT2D eigenvalue weighted by Crippen LogP contribution is -2.49. The minimum absolute atomic E-state index is 0.0739. The molecule has 0 saturated heterocycles. The van der Waals surface area contributed by atoms with Crippen LogP contribution in [0.15, 0.2) is 0 Å².